The molecular weight excluding hydrogens is 201 g/mol. The van der Waals surface area contributed by atoms with Crippen molar-refractivity contribution in [2.45, 2.75) is 0 Å². The maximum Gasteiger partial charge on any atom is 0.490 e. The molecule has 78 valence electrons. The van der Waals surface area contributed by atoms with E-state index in [0.717, 1.165) is 6.07 Å². The number of anilines is 1. The zero-order chi connectivity index (χ0) is 11.4. The number of carbonyl (C=O) groups excluding carboxylic acids is 1. The molecule has 0 aromatic heterocycles. The normalized spacial score (nSPS) is 9.47. The monoisotopic (exact) mass is 209 g/mol. The molecule has 1 aromatic rings. The van der Waals surface area contributed by atoms with E-state index in [1.807, 2.05) is 0 Å². The third kappa shape index (κ3) is 2.55. The molecule has 0 heterocycles. The fourth-order valence-corrected chi connectivity index (χ4v) is 1.10. The third-order valence-electron chi connectivity index (χ3n) is 1.79. The van der Waals surface area contributed by atoms with Crippen molar-refractivity contribution in [2.75, 3.05) is 5.32 Å². The highest BCUT2D eigenvalue weighted by molar-refractivity contribution is 6.60. The molecule has 7 heteroatoms. The first-order valence-corrected chi connectivity index (χ1v) is 4.00. The molecule has 0 aliphatic rings. The molecule has 0 radical (unpaired) electrons. The third-order valence-corrected chi connectivity index (χ3v) is 1.79. The van der Waals surface area contributed by atoms with Crippen LogP contribution in [0.15, 0.2) is 18.2 Å². The van der Waals surface area contributed by atoms with Gasteiger partial charge in [-0.2, -0.15) is 0 Å². The molecule has 0 saturated carbocycles. The topological polar surface area (TPSA) is 107 Å². The summed E-state index contributed by atoms with van der Waals surface area (Å²) in [6.07, 6.45) is 0.326. The molecule has 1 rings (SSSR count). The Labute approximate surface area is 85.3 Å². The van der Waals surface area contributed by atoms with Gasteiger partial charge in [-0.25, -0.2) is 4.79 Å². The van der Waals surface area contributed by atoms with Crippen LogP contribution in [0.1, 0.15) is 10.4 Å². The second-order valence-electron chi connectivity index (χ2n) is 2.74. The number of benzene rings is 1. The van der Waals surface area contributed by atoms with Crippen molar-refractivity contribution >= 4 is 30.6 Å². The van der Waals surface area contributed by atoms with E-state index in [1.165, 1.54) is 12.1 Å². The number of carboxylic acids is 1. The minimum Gasteiger partial charge on any atom is -0.478 e. The molecule has 0 bridgehead atoms. The first kappa shape index (κ1) is 11.2. The number of carbonyl (C=O) groups is 2. The molecule has 0 spiro atoms. The fourth-order valence-electron chi connectivity index (χ4n) is 1.10. The summed E-state index contributed by atoms with van der Waals surface area (Å²) in [5, 5.41) is 28.7. The summed E-state index contributed by atoms with van der Waals surface area (Å²) < 4.78 is 0. The molecule has 0 atom stereocenters. The Bertz CT molecular complexity index is 393. The number of nitrogens with one attached hydrogen (secondary N) is 1. The van der Waals surface area contributed by atoms with Crippen molar-refractivity contribution in [1.29, 1.82) is 0 Å². The second-order valence-corrected chi connectivity index (χ2v) is 2.74. The van der Waals surface area contributed by atoms with E-state index in [0.29, 0.717) is 6.41 Å². The summed E-state index contributed by atoms with van der Waals surface area (Å²) in [4.78, 5) is 20.8. The van der Waals surface area contributed by atoms with Gasteiger partial charge in [0.05, 0.1) is 5.56 Å². The molecule has 0 aliphatic heterocycles. The number of aromatic carboxylic acids is 1. The van der Waals surface area contributed by atoms with Gasteiger partial charge in [0, 0.05) is 11.2 Å². The summed E-state index contributed by atoms with van der Waals surface area (Å²) in [6.45, 7) is 0. The lowest BCUT2D eigenvalue weighted by Gasteiger charge is -2.08. The molecule has 0 saturated heterocycles. The van der Waals surface area contributed by atoms with Crippen molar-refractivity contribution in [1.82, 2.24) is 0 Å². The SMILES string of the molecule is O=CNc1cc(C(=O)O)ccc1B(O)O. The Hall–Kier alpha value is -1.86. The molecular formula is C8H8BNO5. The summed E-state index contributed by atoms with van der Waals surface area (Å²) in [5.74, 6) is -1.16. The molecule has 1 aromatic carbocycles. The smallest absolute Gasteiger partial charge is 0.478 e. The molecule has 0 unspecified atom stereocenters. The number of rotatable bonds is 4. The molecule has 1 amide bonds. The minimum absolute atomic E-state index is 0.0344. The van der Waals surface area contributed by atoms with Crippen LogP contribution in [0.2, 0.25) is 0 Å². The van der Waals surface area contributed by atoms with Crippen LogP contribution < -0.4 is 10.8 Å². The highest BCUT2D eigenvalue weighted by Crippen LogP contribution is 2.08. The lowest BCUT2D eigenvalue weighted by Crippen LogP contribution is -2.32. The average molecular weight is 209 g/mol. The van der Waals surface area contributed by atoms with Crippen molar-refractivity contribution in [2.24, 2.45) is 0 Å². The maximum atomic E-state index is 10.6. The lowest BCUT2D eigenvalue weighted by atomic mass is 9.78. The van der Waals surface area contributed by atoms with Gasteiger partial charge in [-0.3, -0.25) is 4.79 Å². The molecule has 15 heavy (non-hydrogen) atoms. The van der Waals surface area contributed by atoms with Crippen LogP contribution in [0.5, 0.6) is 0 Å². The largest absolute Gasteiger partial charge is 0.490 e. The number of amides is 1. The van der Waals surface area contributed by atoms with E-state index >= 15 is 0 Å². The molecule has 0 aliphatic carbocycles. The van der Waals surface area contributed by atoms with Crippen LogP contribution in [0.4, 0.5) is 5.69 Å². The van der Waals surface area contributed by atoms with Crippen molar-refractivity contribution in [3.63, 3.8) is 0 Å². The molecule has 6 nitrogen and oxygen atoms in total. The van der Waals surface area contributed by atoms with Gasteiger partial charge >= 0.3 is 13.1 Å². The standard InChI is InChI=1S/C8H8BNO5/c11-4-10-7-3-5(8(12)13)1-2-6(7)9(14)15/h1-4,14-15H,(H,10,11)(H,12,13). The Morgan fingerprint density at radius 2 is 2.07 bits per heavy atom. The van der Waals surface area contributed by atoms with E-state index in [1.54, 1.807) is 0 Å². The van der Waals surface area contributed by atoms with Gasteiger partial charge in [-0.05, 0) is 12.1 Å². The number of carboxylic acid groups (broad SMARTS) is 1. The van der Waals surface area contributed by atoms with Crippen LogP contribution in [0, 0.1) is 0 Å². The van der Waals surface area contributed by atoms with E-state index in [9.17, 15) is 9.59 Å². The summed E-state index contributed by atoms with van der Waals surface area (Å²) in [7, 11) is -1.77. The second kappa shape index (κ2) is 4.58. The Morgan fingerprint density at radius 1 is 1.40 bits per heavy atom. The van der Waals surface area contributed by atoms with Gasteiger partial charge < -0.3 is 20.5 Å². The van der Waals surface area contributed by atoms with Crippen LogP contribution in [-0.4, -0.2) is 34.7 Å². The van der Waals surface area contributed by atoms with E-state index in [2.05, 4.69) is 5.32 Å². The molecule has 4 N–H and O–H groups in total. The first-order chi connectivity index (χ1) is 7.06. The zero-order valence-electron chi connectivity index (χ0n) is 7.54. The van der Waals surface area contributed by atoms with Gasteiger partial charge in [0.2, 0.25) is 6.41 Å². The fraction of sp³-hybridized carbons (Fsp3) is 0. The summed E-state index contributed by atoms with van der Waals surface area (Å²) >= 11 is 0. The highest BCUT2D eigenvalue weighted by Gasteiger charge is 2.17. The van der Waals surface area contributed by atoms with Crippen LogP contribution in [0.3, 0.4) is 0 Å². The van der Waals surface area contributed by atoms with Gasteiger partial charge in [0.15, 0.2) is 0 Å². The minimum atomic E-state index is -1.77. The van der Waals surface area contributed by atoms with Gasteiger partial charge in [-0.1, -0.05) is 6.07 Å². The molecule has 0 fully saturated rings. The number of hydrogen-bond acceptors (Lipinski definition) is 4. The Morgan fingerprint density at radius 3 is 2.53 bits per heavy atom. The number of hydrogen-bond donors (Lipinski definition) is 4. The maximum absolute atomic E-state index is 10.6. The predicted molar refractivity (Wildman–Crippen MR) is 52.9 cm³/mol. The highest BCUT2D eigenvalue weighted by atomic mass is 16.4. The van der Waals surface area contributed by atoms with Crippen molar-refractivity contribution in [3.05, 3.63) is 23.8 Å². The Kier molecular flexibility index (Phi) is 3.43. The zero-order valence-corrected chi connectivity index (χ0v) is 7.54. The Balaban J connectivity index is 3.19. The quantitative estimate of drug-likeness (QED) is 0.361. The average Bonchev–Trinajstić information content (AvgIpc) is 2.17. The van der Waals surface area contributed by atoms with E-state index < -0.39 is 13.1 Å². The summed E-state index contributed by atoms with van der Waals surface area (Å²) in [5.41, 5.74) is 0.0377. The summed E-state index contributed by atoms with van der Waals surface area (Å²) in [6, 6.07) is 3.58. The van der Waals surface area contributed by atoms with Crippen molar-refractivity contribution in [3.8, 4) is 0 Å². The van der Waals surface area contributed by atoms with E-state index in [-0.39, 0.29) is 16.7 Å². The van der Waals surface area contributed by atoms with Crippen LogP contribution in [0.25, 0.3) is 0 Å². The van der Waals surface area contributed by atoms with E-state index in [4.69, 9.17) is 15.2 Å². The predicted octanol–water partition coefficient (Wildman–Crippen LogP) is -1.37. The lowest BCUT2D eigenvalue weighted by molar-refractivity contribution is -0.105. The van der Waals surface area contributed by atoms with Gasteiger partial charge in [0.25, 0.3) is 0 Å². The van der Waals surface area contributed by atoms with Gasteiger partial charge in [0.1, 0.15) is 0 Å². The van der Waals surface area contributed by atoms with Crippen LogP contribution >= 0.6 is 0 Å². The van der Waals surface area contributed by atoms with Gasteiger partial charge in [-0.15, -0.1) is 0 Å². The van der Waals surface area contributed by atoms with Crippen molar-refractivity contribution < 1.29 is 24.7 Å². The first-order valence-electron chi connectivity index (χ1n) is 4.00. The van der Waals surface area contributed by atoms with Crippen LogP contribution in [-0.2, 0) is 4.79 Å².